The first kappa shape index (κ1) is 19.1. The average Bonchev–Trinajstić information content (AvgIpc) is 2.75. The minimum Gasteiger partial charge on any atom is -0.383 e. The maximum atomic E-state index is 13.0. The number of aromatic nitrogens is 1. The number of carbonyl (C=O) groups is 1. The molecule has 28 heavy (non-hydrogen) atoms. The molecule has 2 aliphatic heterocycles. The second-order valence-electron chi connectivity index (χ2n) is 7.89. The summed E-state index contributed by atoms with van der Waals surface area (Å²) in [6.45, 7) is 4.78. The molecule has 0 bridgehead atoms. The summed E-state index contributed by atoms with van der Waals surface area (Å²) in [7, 11) is 2.12. The Bertz CT molecular complexity index is 793. The molecule has 1 amide bonds. The number of hydrogen-bond acceptors (Lipinski definition) is 5. The minimum atomic E-state index is -0.955. The SMILES string of the molecule is CN1CCN([C@@H]2CN(C(=O)c3cccnc3)CC[C@]2(O)c2ccccc2)CC1. The monoisotopic (exact) mass is 380 g/mol. The van der Waals surface area contributed by atoms with Crippen LogP contribution in [0.3, 0.4) is 0 Å². The largest absolute Gasteiger partial charge is 0.383 e. The van der Waals surface area contributed by atoms with E-state index in [1.54, 1.807) is 24.5 Å². The van der Waals surface area contributed by atoms with Gasteiger partial charge in [0.1, 0.15) is 5.60 Å². The second kappa shape index (κ2) is 7.99. The second-order valence-corrected chi connectivity index (χ2v) is 7.89. The van der Waals surface area contributed by atoms with Crippen molar-refractivity contribution in [3.63, 3.8) is 0 Å². The number of likely N-dealkylation sites (N-methyl/N-ethyl adjacent to an activating group) is 1. The predicted molar refractivity (Wildman–Crippen MR) is 108 cm³/mol. The van der Waals surface area contributed by atoms with Gasteiger partial charge in [0.05, 0.1) is 11.6 Å². The highest BCUT2D eigenvalue weighted by Gasteiger charge is 2.47. The lowest BCUT2D eigenvalue weighted by molar-refractivity contribution is -0.101. The standard InChI is InChI=1S/C22H28N4O2/c1-24-12-14-25(15-13-24)20-17-26(21(27)18-6-5-10-23-16-18)11-9-22(20,28)19-7-3-2-4-8-19/h2-8,10,16,20,28H,9,11-15,17H2,1H3/t20-,22+/m1/s1. The summed E-state index contributed by atoms with van der Waals surface area (Å²) < 4.78 is 0. The lowest BCUT2D eigenvalue weighted by atomic mass is 9.79. The maximum Gasteiger partial charge on any atom is 0.255 e. The highest BCUT2D eigenvalue weighted by atomic mass is 16.3. The molecule has 6 nitrogen and oxygen atoms in total. The normalized spacial score (nSPS) is 26.9. The van der Waals surface area contributed by atoms with Gasteiger partial charge in [-0.3, -0.25) is 14.7 Å². The van der Waals surface area contributed by atoms with Crippen molar-refractivity contribution in [3.8, 4) is 0 Å². The topological polar surface area (TPSA) is 59.9 Å². The first-order chi connectivity index (χ1) is 13.6. The number of piperidine rings is 1. The first-order valence-corrected chi connectivity index (χ1v) is 9.98. The molecule has 2 atom stereocenters. The van der Waals surface area contributed by atoms with Gasteiger partial charge in [-0.15, -0.1) is 0 Å². The number of pyridine rings is 1. The number of aliphatic hydroxyl groups is 1. The van der Waals surface area contributed by atoms with Crippen molar-refractivity contribution in [2.75, 3.05) is 46.3 Å². The molecule has 2 fully saturated rings. The summed E-state index contributed by atoms with van der Waals surface area (Å²) in [5.74, 6) is -0.0117. The van der Waals surface area contributed by atoms with Crippen LogP contribution >= 0.6 is 0 Å². The third-order valence-electron chi connectivity index (χ3n) is 6.16. The molecule has 1 N–H and O–H groups in total. The predicted octanol–water partition coefficient (Wildman–Crippen LogP) is 1.43. The highest BCUT2D eigenvalue weighted by Crippen LogP contribution is 2.36. The molecule has 1 aromatic carbocycles. The number of piperazine rings is 1. The molecule has 0 saturated carbocycles. The van der Waals surface area contributed by atoms with Crippen LogP contribution in [0.5, 0.6) is 0 Å². The summed E-state index contributed by atoms with van der Waals surface area (Å²) in [5, 5.41) is 11.8. The summed E-state index contributed by atoms with van der Waals surface area (Å²) in [4.78, 5) is 23.6. The van der Waals surface area contributed by atoms with Gasteiger partial charge in [0.25, 0.3) is 5.91 Å². The van der Waals surface area contributed by atoms with Crippen LogP contribution in [0.2, 0.25) is 0 Å². The lowest BCUT2D eigenvalue weighted by Gasteiger charge is -2.51. The van der Waals surface area contributed by atoms with Gasteiger partial charge in [-0.1, -0.05) is 30.3 Å². The van der Waals surface area contributed by atoms with Gasteiger partial charge in [-0.25, -0.2) is 0 Å². The van der Waals surface area contributed by atoms with E-state index in [2.05, 4.69) is 21.8 Å². The molecule has 1 aromatic heterocycles. The van der Waals surface area contributed by atoms with Crippen LogP contribution in [0.4, 0.5) is 0 Å². The Morgan fingerprint density at radius 2 is 1.82 bits per heavy atom. The van der Waals surface area contributed by atoms with Gasteiger partial charge in [0.2, 0.25) is 0 Å². The zero-order valence-electron chi connectivity index (χ0n) is 16.4. The van der Waals surface area contributed by atoms with Crippen LogP contribution in [0.15, 0.2) is 54.9 Å². The molecular weight excluding hydrogens is 352 g/mol. The zero-order chi connectivity index (χ0) is 19.6. The Balaban J connectivity index is 1.61. The van der Waals surface area contributed by atoms with Crippen molar-refractivity contribution in [3.05, 3.63) is 66.0 Å². The molecule has 2 aliphatic rings. The van der Waals surface area contributed by atoms with Gasteiger partial charge >= 0.3 is 0 Å². The fourth-order valence-corrected chi connectivity index (χ4v) is 4.39. The van der Waals surface area contributed by atoms with Crippen molar-refractivity contribution >= 4 is 5.91 Å². The summed E-state index contributed by atoms with van der Waals surface area (Å²) in [6.07, 6.45) is 3.82. The minimum absolute atomic E-state index is 0.0117. The Kier molecular flexibility index (Phi) is 5.44. The Morgan fingerprint density at radius 1 is 1.07 bits per heavy atom. The molecule has 4 rings (SSSR count). The number of likely N-dealkylation sites (tertiary alicyclic amines) is 1. The summed E-state index contributed by atoms with van der Waals surface area (Å²) >= 11 is 0. The van der Waals surface area contributed by atoms with Crippen LogP contribution < -0.4 is 0 Å². The number of amides is 1. The van der Waals surface area contributed by atoms with E-state index in [4.69, 9.17) is 0 Å². The van der Waals surface area contributed by atoms with E-state index < -0.39 is 5.60 Å². The molecular formula is C22H28N4O2. The van der Waals surface area contributed by atoms with Crippen molar-refractivity contribution in [2.24, 2.45) is 0 Å². The van der Waals surface area contributed by atoms with Gasteiger partial charge in [0.15, 0.2) is 0 Å². The van der Waals surface area contributed by atoms with Crippen molar-refractivity contribution in [1.29, 1.82) is 0 Å². The molecule has 0 radical (unpaired) electrons. The number of rotatable bonds is 3. The van der Waals surface area contributed by atoms with E-state index in [0.29, 0.717) is 25.1 Å². The van der Waals surface area contributed by atoms with E-state index in [9.17, 15) is 9.90 Å². The molecule has 2 saturated heterocycles. The van der Waals surface area contributed by atoms with Gasteiger partial charge in [-0.2, -0.15) is 0 Å². The average molecular weight is 380 g/mol. The Hall–Kier alpha value is -2.28. The fraction of sp³-hybridized carbons (Fsp3) is 0.455. The maximum absolute atomic E-state index is 13.0. The number of benzene rings is 1. The summed E-state index contributed by atoms with van der Waals surface area (Å²) in [5.41, 5.74) is 0.584. The molecule has 0 unspecified atom stereocenters. The number of carbonyl (C=O) groups excluding carboxylic acids is 1. The van der Waals surface area contributed by atoms with Gasteiger partial charge < -0.3 is 14.9 Å². The quantitative estimate of drug-likeness (QED) is 0.873. The van der Waals surface area contributed by atoms with Gasteiger partial charge in [0, 0.05) is 51.7 Å². The van der Waals surface area contributed by atoms with E-state index in [0.717, 1.165) is 31.7 Å². The van der Waals surface area contributed by atoms with E-state index in [1.165, 1.54) is 0 Å². The van der Waals surface area contributed by atoms with E-state index in [1.807, 2.05) is 35.2 Å². The first-order valence-electron chi connectivity index (χ1n) is 9.98. The highest BCUT2D eigenvalue weighted by molar-refractivity contribution is 5.94. The van der Waals surface area contributed by atoms with Crippen molar-refractivity contribution in [2.45, 2.75) is 18.1 Å². The molecule has 6 heteroatoms. The summed E-state index contributed by atoms with van der Waals surface area (Å²) in [6, 6.07) is 13.4. The van der Waals surface area contributed by atoms with E-state index in [-0.39, 0.29) is 11.9 Å². The molecule has 3 heterocycles. The van der Waals surface area contributed by atoms with Crippen LogP contribution in [0, 0.1) is 0 Å². The zero-order valence-corrected chi connectivity index (χ0v) is 16.4. The molecule has 0 spiro atoms. The Labute approximate surface area is 166 Å². The molecule has 148 valence electrons. The van der Waals surface area contributed by atoms with Crippen LogP contribution in [0.1, 0.15) is 22.3 Å². The molecule has 0 aliphatic carbocycles. The molecule has 2 aromatic rings. The van der Waals surface area contributed by atoms with Crippen molar-refractivity contribution < 1.29 is 9.90 Å². The van der Waals surface area contributed by atoms with Crippen molar-refractivity contribution in [1.82, 2.24) is 19.7 Å². The van der Waals surface area contributed by atoms with Crippen LogP contribution in [0.25, 0.3) is 0 Å². The third kappa shape index (κ3) is 3.68. The van der Waals surface area contributed by atoms with Crippen LogP contribution in [-0.4, -0.2) is 83.1 Å². The van der Waals surface area contributed by atoms with Gasteiger partial charge in [-0.05, 0) is 31.2 Å². The van der Waals surface area contributed by atoms with Crippen LogP contribution in [-0.2, 0) is 5.60 Å². The third-order valence-corrected chi connectivity index (χ3v) is 6.16. The lowest BCUT2D eigenvalue weighted by Crippen LogP contribution is -2.64. The number of nitrogens with zero attached hydrogens (tertiary/aromatic N) is 4. The van der Waals surface area contributed by atoms with E-state index >= 15 is 0 Å². The fourth-order valence-electron chi connectivity index (χ4n) is 4.39. The number of hydrogen-bond donors (Lipinski definition) is 1. The Morgan fingerprint density at radius 3 is 2.50 bits per heavy atom. The smallest absolute Gasteiger partial charge is 0.255 e.